The zero-order chi connectivity index (χ0) is 28.1. The lowest BCUT2D eigenvalue weighted by molar-refractivity contribution is 0.0348. The summed E-state index contributed by atoms with van der Waals surface area (Å²) >= 11 is 0. The number of hydrogen-bond donors (Lipinski definition) is 0. The van der Waals surface area contributed by atoms with Crippen LogP contribution >= 0.6 is 0 Å². The number of aryl methyl sites for hydroxylation is 1. The van der Waals surface area contributed by atoms with Gasteiger partial charge in [0.2, 0.25) is 0 Å². The molecule has 0 fully saturated rings. The molecule has 2 aliphatic heterocycles. The summed E-state index contributed by atoms with van der Waals surface area (Å²) in [6.07, 6.45) is 8.43. The largest absolute Gasteiger partial charge is 0.478 e. The van der Waals surface area contributed by atoms with Crippen molar-refractivity contribution in [1.82, 2.24) is 0 Å². The summed E-state index contributed by atoms with van der Waals surface area (Å²) in [7, 11) is 0. The van der Waals surface area contributed by atoms with E-state index < -0.39 is 5.60 Å². The molecule has 6 rings (SSSR count). The second-order valence-corrected chi connectivity index (χ2v) is 10.3. The molecule has 0 aromatic heterocycles. The minimum atomic E-state index is -0.870. The Bertz CT molecular complexity index is 1660. The van der Waals surface area contributed by atoms with E-state index in [1.807, 2.05) is 78.9 Å². The number of benzene rings is 4. The maximum atomic E-state index is 9.76. The minimum absolute atomic E-state index is 0.0848. The Hall–Kier alpha value is -5.32. The SMILES string of the molecule is [C-]#[N+]/C(C#N)=C1C=C(/C=C/c2ccc(N3CCCc4ccccc43)cc2)OC(c2ccccc2)(c2ccccc2)C\1. The summed E-state index contributed by atoms with van der Waals surface area (Å²) in [5.41, 5.74) is 6.71. The van der Waals surface area contributed by atoms with Crippen molar-refractivity contribution in [2.24, 2.45) is 0 Å². The van der Waals surface area contributed by atoms with Crippen molar-refractivity contribution in [3.63, 3.8) is 0 Å². The third-order valence-corrected chi connectivity index (χ3v) is 7.81. The molecule has 0 N–H and O–H groups in total. The topological polar surface area (TPSA) is 40.6 Å². The second-order valence-electron chi connectivity index (χ2n) is 10.3. The molecule has 0 saturated heterocycles. The molecule has 0 bridgehead atoms. The third kappa shape index (κ3) is 5.17. The van der Waals surface area contributed by atoms with Gasteiger partial charge >= 0.3 is 0 Å². The van der Waals surface area contributed by atoms with Gasteiger partial charge in [0, 0.05) is 35.5 Å². The maximum Gasteiger partial charge on any atom is 0.265 e. The fourth-order valence-electron chi connectivity index (χ4n) is 5.81. The first-order valence-electron chi connectivity index (χ1n) is 13.9. The van der Waals surface area contributed by atoms with Crippen LogP contribution in [0.5, 0.6) is 0 Å². The average molecular weight is 532 g/mol. The van der Waals surface area contributed by atoms with Crippen molar-refractivity contribution in [2.75, 3.05) is 11.4 Å². The molecule has 0 atom stereocenters. The number of rotatable bonds is 5. The van der Waals surface area contributed by atoms with Crippen LogP contribution in [0, 0.1) is 17.9 Å². The van der Waals surface area contributed by atoms with Crippen LogP contribution in [0.15, 0.2) is 138 Å². The zero-order valence-electron chi connectivity index (χ0n) is 22.7. The summed E-state index contributed by atoms with van der Waals surface area (Å²) in [6, 6.07) is 39.4. The van der Waals surface area contributed by atoms with E-state index in [1.54, 1.807) is 0 Å². The molecule has 4 heteroatoms. The van der Waals surface area contributed by atoms with Gasteiger partial charge in [0.15, 0.2) is 5.60 Å². The van der Waals surface area contributed by atoms with Crippen molar-refractivity contribution < 1.29 is 4.74 Å². The van der Waals surface area contributed by atoms with Gasteiger partial charge in [-0.05, 0) is 59.9 Å². The zero-order valence-corrected chi connectivity index (χ0v) is 22.7. The van der Waals surface area contributed by atoms with Crippen LogP contribution in [0.2, 0.25) is 0 Å². The molecule has 0 spiro atoms. The van der Waals surface area contributed by atoms with Gasteiger partial charge in [-0.1, -0.05) is 97.1 Å². The molecule has 0 radical (unpaired) electrons. The Morgan fingerprint density at radius 1 is 0.854 bits per heavy atom. The van der Waals surface area contributed by atoms with E-state index in [4.69, 9.17) is 11.3 Å². The average Bonchev–Trinajstić information content (AvgIpc) is 3.05. The standard InChI is InChI=1S/C37H29N3O/c1-39-35(27-38)30-25-34(41-37(26-30,31-13-4-2-5-14-31)32-15-6-3-7-16-32)23-20-28-18-21-33(22-19-28)40-24-10-12-29-11-8-9-17-36(29)40/h2-9,11,13-23,25H,10,12,24,26H2/b23-20+,35-30+. The highest BCUT2D eigenvalue weighted by atomic mass is 16.5. The molecule has 0 aliphatic carbocycles. The molecule has 2 heterocycles. The normalized spacial score (nSPS) is 17.0. The molecule has 0 saturated carbocycles. The Morgan fingerprint density at radius 3 is 2.17 bits per heavy atom. The molecule has 0 unspecified atom stereocenters. The van der Waals surface area contributed by atoms with Crippen LogP contribution in [-0.4, -0.2) is 6.54 Å². The number of nitrogens with zero attached hydrogens (tertiary/aromatic N) is 3. The molecule has 41 heavy (non-hydrogen) atoms. The van der Waals surface area contributed by atoms with Crippen molar-refractivity contribution in [1.29, 1.82) is 5.26 Å². The van der Waals surface area contributed by atoms with Crippen LogP contribution in [-0.2, 0) is 16.8 Å². The lowest BCUT2D eigenvalue weighted by Crippen LogP contribution is -2.34. The van der Waals surface area contributed by atoms with E-state index in [0.717, 1.165) is 36.1 Å². The number of nitriles is 1. The Kier molecular flexibility index (Phi) is 7.23. The Labute approximate surface area is 241 Å². The molecule has 198 valence electrons. The lowest BCUT2D eigenvalue weighted by atomic mass is 9.79. The summed E-state index contributed by atoms with van der Waals surface area (Å²) in [5.74, 6) is 0.601. The molecule has 4 aromatic rings. The van der Waals surface area contributed by atoms with Crippen LogP contribution in [0.1, 0.15) is 35.1 Å². The van der Waals surface area contributed by atoms with Crippen molar-refractivity contribution in [2.45, 2.75) is 24.9 Å². The van der Waals surface area contributed by atoms with Crippen molar-refractivity contribution >= 4 is 17.5 Å². The summed E-state index contributed by atoms with van der Waals surface area (Å²) in [4.78, 5) is 5.93. The minimum Gasteiger partial charge on any atom is -0.478 e. The highest BCUT2D eigenvalue weighted by Gasteiger charge is 2.40. The first-order valence-corrected chi connectivity index (χ1v) is 13.9. The molecule has 4 aromatic carbocycles. The summed E-state index contributed by atoms with van der Waals surface area (Å²) in [6.45, 7) is 8.65. The van der Waals surface area contributed by atoms with Gasteiger partial charge in [-0.25, -0.2) is 10.1 Å². The predicted molar refractivity (Wildman–Crippen MR) is 164 cm³/mol. The molecule has 0 amide bonds. The number of allylic oxidation sites excluding steroid dienone is 3. The molecular weight excluding hydrogens is 502 g/mol. The van der Waals surface area contributed by atoms with Gasteiger partial charge in [0.05, 0.1) is 12.6 Å². The van der Waals surface area contributed by atoms with E-state index >= 15 is 0 Å². The Morgan fingerprint density at radius 2 is 1.51 bits per heavy atom. The highest BCUT2D eigenvalue weighted by molar-refractivity contribution is 5.69. The second kappa shape index (κ2) is 11.4. The smallest absolute Gasteiger partial charge is 0.265 e. The van der Waals surface area contributed by atoms with Crippen LogP contribution in [0.25, 0.3) is 10.9 Å². The maximum absolute atomic E-state index is 9.76. The number of para-hydroxylation sites is 1. The first-order chi connectivity index (χ1) is 20.2. The van der Waals surface area contributed by atoms with Gasteiger partial charge < -0.3 is 9.64 Å². The summed E-state index contributed by atoms with van der Waals surface area (Å²) < 4.78 is 6.81. The van der Waals surface area contributed by atoms with E-state index in [9.17, 15) is 5.26 Å². The van der Waals surface area contributed by atoms with Crippen LogP contribution < -0.4 is 4.90 Å². The quantitative estimate of drug-likeness (QED) is 0.191. The molecule has 4 nitrogen and oxygen atoms in total. The Balaban J connectivity index is 1.35. The monoisotopic (exact) mass is 531 g/mol. The number of fused-ring (bicyclic) bond motifs is 1. The first kappa shape index (κ1) is 25.9. The van der Waals surface area contributed by atoms with E-state index in [-0.39, 0.29) is 5.70 Å². The fourth-order valence-corrected chi connectivity index (χ4v) is 5.81. The van der Waals surface area contributed by atoms with E-state index in [2.05, 4.69) is 64.3 Å². The number of ether oxygens (including phenoxy) is 1. The van der Waals surface area contributed by atoms with Crippen molar-refractivity contribution in [3.8, 4) is 6.07 Å². The van der Waals surface area contributed by atoms with E-state index in [1.165, 1.54) is 16.9 Å². The fraction of sp³-hybridized carbons (Fsp3) is 0.135. The lowest BCUT2D eigenvalue weighted by Gasteiger charge is -2.39. The van der Waals surface area contributed by atoms with E-state index in [0.29, 0.717) is 17.8 Å². The molecular formula is C37H29N3O. The van der Waals surface area contributed by atoms with Crippen LogP contribution in [0.4, 0.5) is 11.4 Å². The summed E-state index contributed by atoms with van der Waals surface area (Å²) in [5, 5.41) is 9.76. The number of anilines is 2. The molecule has 2 aliphatic rings. The van der Waals surface area contributed by atoms with Gasteiger partial charge in [-0.15, -0.1) is 0 Å². The number of hydrogen-bond acceptors (Lipinski definition) is 3. The predicted octanol–water partition coefficient (Wildman–Crippen LogP) is 8.73. The van der Waals surface area contributed by atoms with Gasteiger partial charge in [-0.2, -0.15) is 0 Å². The van der Waals surface area contributed by atoms with Gasteiger partial charge in [0.25, 0.3) is 5.70 Å². The third-order valence-electron chi connectivity index (χ3n) is 7.81. The highest BCUT2D eigenvalue weighted by Crippen LogP contribution is 2.45. The van der Waals surface area contributed by atoms with Gasteiger partial charge in [0.1, 0.15) is 5.76 Å². The van der Waals surface area contributed by atoms with Crippen molar-refractivity contribution in [3.05, 3.63) is 172 Å². The van der Waals surface area contributed by atoms with Gasteiger partial charge in [-0.3, -0.25) is 0 Å². The van der Waals surface area contributed by atoms with Crippen LogP contribution in [0.3, 0.4) is 0 Å².